The van der Waals surface area contributed by atoms with Gasteiger partial charge < -0.3 is 10.8 Å². The lowest BCUT2D eigenvalue weighted by Gasteiger charge is -2.19. The number of para-hydroxylation sites is 2. The van der Waals surface area contributed by atoms with Crippen LogP contribution in [0.4, 0.5) is 5.95 Å². The molecule has 6 heteroatoms. The number of nitrogens with zero attached hydrogens (tertiary/aromatic N) is 3. The Balaban J connectivity index is 2.22. The summed E-state index contributed by atoms with van der Waals surface area (Å²) in [4.78, 5) is 20.8. The van der Waals surface area contributed by atoms with Crippen LogP contribution in [0.25, 0.3) is 11.0 Å². The molecule has 1 aliphatic rings. The van der Waals surface area contributed by atoms with Gasteiger partial charge in [-0.2, -0.15) is 4.99 Å². The van der Waals surface area contributed by atoms with Crippen molar-refractivity contribution >= 4 is 28.7 Å². The maximum Gasteiger partial charge on any atom is 0.244 e. The smallest absolute Gasteiger partial charge is 0.244 e. The van der Waals surface area contributed by atoms with Gasteiger partial charge in [0, 0.05) is 6.61 Å². The number of aliphatic hydroxyl groups is 1. The quantitative estimate of drug-likeness (QED) is 0.812. The fourth-order valence-electron chi connectivity index (χ4n) is 2.18. The van der Waals surface area contributed by atoms with E-state index in [1.54, 1.807) is 0 Å². The van der Waals surface area contributed by atoms with Crippen LogP contribution < -0.4 is 5.73 Å². The molecule has 2 aromatic rings. The van der Waals surface area contributed by atoms with Gasteiger partial charge in [0.25, 0.3) is 0 Å². The number of imidazole rings is 1. The summed E-state index contributed by atoms with van der Waals surface area (Å²) in [7, 11) is 0. The number of fused-ring (bicyclic) bond motifs is 3. The van der Waals surface area contributed by atoms with E-state index in [4.69, 9.17) is 10.8 Å². The second-order valence-electron chi connectivity index (χ2n) is 4.18. The highest BCUT2D eigenvalue weighted by Crippen LogP contribution is 2.27. The predicted molar refractivity (Wildman–Crippen MR) is 66.8 cm³/mol. The fourth-order valence-corrected chi connectivity index (χ4v) is 2.18. The van der Waals surface area contributed by atoms with Crippen molar-refractivity contribution in [3.05, 3.63) is 24.3 Å². The Hall–Kier alpha value is -2.21. The van der Waals surface area contributed by atoms with Crippen LogP contribution in [0.15, 0.2) is 29.3 Å². The first-order chi connectivity index (χ1) is 8.72. The molecule has 1 aromatic heterocycles. The lowest BCUT2D eigenvalue weighted by molar-refractivity contribution is 0.0856. The summed E-state index contributed by atoms with van der Waals surface area (Å²) in [5.41, 5.74) is 7.19. The number of hydrogen-bond donors (Lipinski definition) is 2. The predicted octanol–water partition coefficient (Wildman–Crippen LogP) is 0.677. The molecule has 2 heterocycles. The van der Waals surface area contributed by atoms with E-state index in [0.717, 1.165) is 5.52 Å². The van der Waals surface area contributed by atoms with E-state index >= 15 is 0 Å². The highest BCUT2D eigenvalue weighted by atomic mass is 16.3. The van der Waals surface area contributed by atoms with Crippen LogP contribution in [0.1, 0.15) is 11.2 Å². The first kappa shape index (κ1) is 10.9. The number of carbonyl (C=O) groups excluding carboxylic acids is 1. The number of nitrogens with two attached hydrogens (primary N) is 1. The maximum absolute atomic E-state index is 12.3. The molecule has 0 aliphatic carbocycles. The minimum Gasteiger partial charge on any atom is -0.396 e. The van der Waals surface area contributed by atoms with E-state index in [1.807, 2.05) is 24.3 Å². The molecular weight excluding hydrogens is 232 g/mol. The van der Waals surface area contributed by atoms with Gasteiger partial charge in [-0.15, -0.1) is 0 Å². The van der Waals surface area contributed by atoms with Crippen LogP contribution in [0.2, 0.25) is 0 Å². The molecule has 0 saturated carbocycles. The third-order valence-electron chi connectivity index (χ3n) is 3.07. The van der Waals surface area contributed by atoms with Gasteiger partial charge in [0.1, 0.15) is 5.84 Å². The van der Waals surface area contributed by atoms with Crippen LogP contribution in [-0.2, 0) is 0 Å². The number of aromatic nitrogens is 2. The summed E-state index contributed by atoms with van der Waals surface area (Å²) in [5, 5.41) is 8.98. The fraction of sp³-hybridized carbons (Fsp3) is 0.250. The van der Waals surface area contributed by atoms with Gasteiger partial charge >= 0.3 is 0 Å². The van der Waals surface area contributed by atoms with E-state index in [1.165, 1.54) is 4.57 Å². The highest BCUT2D eigenvalue weighted by Gasteiger charge is 2.31. The van der Waals surface area contributed by atoms with Gasteiger partial charge in [-0.1, -0.05) is 12.1 Å². The molecule has 1 aromatic carbocycles. The summed E-state index contributed by atoms with van der Waals surface area (Å²) < 4.78 is 1.46. The highest BCUT2D eigenvalue weighted by molar-refractivity contribution is 6.10. The van der Waals surface area contributed by atoms with Crippen LogP contribution in [-0.4, -0.2) is 33.0 Å². The van der Waals surface area contributed by atoms with Crippen LogP contribution in [0, 0.1) is 5.92 Å². The van der Waals surface area contributed by atoms with Gasteiger partial charge in [0.05, 0.1) is 17.0 Å². The Bertz CT molecular complexity index is 659. The summed E-state index contributed by atoms with van der Waals surface area (Å²) >= 11 is 0. The van der Waals surface area contributed by atoms with Crippen molar-refractivity contribution in [2.45, 2.75) is 6.42 Å². The standard InChI is InChI=1S/C12H12N4O2/c13-10-7(5-6-17)11(18)16-9-4-2-1-3-8(9)14-12(16)15-10/h1-4,7,17H,5-6H2,(H2,13,14,15). The molecule has 0 fully saturated rings. The molecule has 3 rings (SSSR count). The minimum absolute atomic E-state index is 0.103. The van der Waals surface area contributed by atoms with Crippen molar-refractivity contribution in [1.29, 1.82) is 0 Å². The normalized spacial score (nSPS) is 18.8. The lowest BCUT2D eigenvalue weighted by Crippen LogP contribution is -2.37. The molecular formula is C12H12N4O2. The van der Waals surface area contributed by atoms with Crippen molar-refractivity contribution in [2.75, 3.05) is 6.61 Å². The molecule has 1 unspecified atom stereocenters. The molecule has 3 N–H and O–H groups in total. The Labute approximate surface area is 103 Å². The summed E-state index contributed by atoms with van der Waals surface area (Å²) in [6.45, 7) is -0.103. The lowest BCUT2D eigenvalue weighted by atomic mass is 10.0. The van der Waals surface area contributed by atoms with Crippen molar-refractivity contribution < 1.29 is 9.90 Å². The number of amidine groups is 1. The van der Waals surface area contributed by atoms with Crippen LogP contribution in [0.5, 0.6) is 0 Å². The summed E-state index contributed by atoms with van der Waals surface area (Å²) in [5.74, 6) is -0.217. The number of benzene rings is 1. The number of aliphatic hydroxyl groups excluding tert-OH is 1. The molecule has 0 spiro atoms. The maximum atomic E-state index is 12.3. The van der Waals surface area contributed by atoms with Gasteiger partial charge in [-0.25, -0.2) is 9.55 Å². The van der Waals surface area contributed by atoms with Crippen molar-refractivity contribution in [1.82, 2.24) is 9.55 Å². The molecule has 92 valence electrons. The molecule has 0 saturated heterocycles. The third kappa shape index (κ3) is 1.42. The zero-order valence-corrected chi connectivity index (χ0v) is 9.58. The topological polar surface area (TPSA) is 93.5 Å². The Morgan fingerprint density at radius 3 is 2.94 bits per heavy atom. The Morgan fingerprint density at radius 2 is 2.17 bits per heavy atom. The third-order valence-corrected chi connectivity index (χ3v) is 3.07. The summed E-state index contributed by atoms with van der Waals surface area (Å²) in [6.07, 6.45) is 0.278. The van der Waals surface area contributed by atoms with Gasteiger partial charge in [0.2, 0.25) is 11.9 Å². The zero-order chi connectivity index (χ0) is 12.7. The van der Waals surface area contributed by atoms with Gasteiger partial charge in [0.15, 0.2) is 0 Å². The Kier molecular flexibility index (Phi) is 2.38. The molecule has 0 amide bonds. The minimum atomic E-state index is -0.569. The van der Waals surface area contributed by atoms with Crippen molar-refractivity contribution in [2.24, 2.45) is 16.6 Å². The molecule has 6 nitrogen and oxygen atoms in total. The number of hydrogen-bond acceptors (Lipinski definition) is 5. The van der Waals surface area contributed by atoms with Gasteiger partial charge in [-0.05, 0) is 18.6 Å². The number of carbonyl (C=O) groups is 1. The van der Waals surface area contributed by atoms with Crippen molar-refractivity contribution in [3.8, 4) is 0 Å². The van der Waals surface area contributed by atoms with Crippen molar-refractivity contribution in [3.63, 3.8) is 0 Å². The van der Waals surface area contributed by atoms with E-state index in [9.17, 15) is 4.79 Å². The van der Waals surface area contributed by atoms with Crippen LogP contribution in [0.3, 0.4) is 0 Å². The second kappa shape index (κ2) is 3.92. The first-order valence-corrected chi connectivity index (χ1v) is 5.69. The van der Waals surface area contributed by atoms with Gasteiger partial charge in [-0.3, -0.25) is 4.79 Å². The van der Waals surface area contributed by atoms with E-state index in [2.05, 4.69) is 9.98 Å². The Morgan fingerprint density at radius 1 is 1.39 bits per heavy atom. The number of rotatable bonds is 2. The average molecular weight is 244 g/mol. The van der Waals surface area contributed by atoms with Crippen LogP contribution >= 0.6 is 0 Å². The van der Waals surface area contributed by atoms with E-state index in [0.29, 0.717) is 11.5 Å². The monoisotopic (exact) mass is 244 g/mol. The zero-order valence-electron chi connectivity index (χ0n) is 9.58. The molecule has 0 bridgehead atoms. The number of aliphatic imine (C=N–C) groups is 1. The molecule has 1 aliphatic heterocycles. The largest absolute Gasteiger partial charge is 0.396 e. The SMILES string of the molecule is NC1=Nc2nc3ccccc3n2C(=O)C1CCO. The first-order valence-electron chi connectivity index (χ1n) is 5.69. The second-order valence-corrected chi connectivity index (χ2v) is 4.18. The molecule has 0 radical (unpaired) electrons. The van der Waals surface area contributed by atoms with E-state index in [-0.39, 0.29) is 24.8 Å². The van der Waals surface area contributed by atoms with E-state index < -0.39 is 5.92 Å². The average Bonchev–Trinajstić information content (AvgIpc) is 2.72. The molecule has 18 heavy (non-hydrogen) atoms. The molecule has 1 atom stereocenters. The summed E-state index contributed by atoms with van der Waals surface area (Å²) in [6, 6.07) is 7.33.